The number of thiocarbonyl (C=S) groups is 1. The Balaban J connectivity index is 2.28. The van der Waals surface area contributed by atoms with E-state index in [1.807, 2.05) is 7.05 Å². The summed E-state index contributed by atoms with van der Waals surface area (Å²) in [4.78, 5) is 2.17. The summed E-state index contributed by atoms with van der Waals surface area (Å²) in [6.07, 6.45) is 3.64. The molecule has 2 rings (SSSR count). The summed E-state index contributed by atoms with van der Waals surface area (Å²) >= 11 is 5.30. The third kappa shape index (κ3) is 2.05. The van der Waals surface area contributed by atoms with Crippen LogP contribution in [0.1, 0.15) is 30.0 Å². The fourth-order valence-electron chi connectivity index (χ4n) is 2.45. The Morgan fingerprint density at radius 3 is 2.94 bits per heavy atom. The molecule has 0 unspecified atom stereocenters. The molecule has 1 N–H and O–H groups in total. The van der Waals surface area contributed by atoms with Crippen LogP contribution >= 0.6 is 12.2 Å². The van der Waals surface area contributed by atoms with E-state index in [1.165, 1.54) is 30.4 Å². The predicted molar refractivity (Wildman–Crippen MR) is 71.5 cm³/mol. The normalized spacial score (nSPS) is 18.8. The maximum atomic E-state index is 5.30. The summed E-state index contributed by atoms with van der Waals surface area (Å²) in [6.45, 7) is 0. The number of aryl methyl sites for hydroxylation is 1. The molecule has 1 aromatic rings. The van der Waals surface area contributed by atoms with E-state index in [-0.39, 0.29) is 0 Å². The second kappa shape index (κ2) is 4.83. The first-order valence-electron chi connectivity index (χ1n) is 5.76. The standard InChI is InChI=1S/C13H18N2S/c1-14-13(16)15(2)12-9-5-7-10-6-3-4-8-11(10)12/h3-4,6,8,12H,5,7,9H2,1-2H3,(H,14,16)/t12-/m1/s1. The van der Waals surface area contributed by atoms with Crippen molar-refractivity contribution in [2.24, 2.45) is 0 Å². The molecule has 0 aromatic heterocycles. The Morgan fingerprint density at radius 2 is 2.19 bits per heavy atom. The molecule has 0 bridgehead atoms. The van der Waals surface area contributed by atoms with Crippen LogP contribution in [0, 0.1) is 0 Å². The molecule has 86 valence electrons. The van der Waals surface area contributed by atoms with Crippen molar-refractivity contribution < 1.29 is 0 Å². The van der Waals surface area contributed by atoms with Crippen molar-refractivity contribution in [1.82, 2.24) is 10.2 Å². The highest BCUT2D eigenvalue weighted by molar-refractivity contribution is 7.80. The quantitative estimate of drug-likeness (QED) is 0.752. The molecule has 0 heterocycles. The van der Waals surface area contributed by atoms with Gasteiger partial charge < -0.3 is 10.2 Å². The molecular formula is C13H18N2S. The Labute approximate surface area is 103 Å². The number of hydrogen-bond donors (Lipinski definition) is 1. The van der Waals surface area contributed by atoms with Crippen LogP contribution in [-0.2, 0) is 6.42 Å². The summed E-state index contributed by atoms with van der Waals surface area (Å²) in [5, 5.41) is 3.87. The van der Waals surface area contributed by atoms with Gasteiger partial charge in [0.25, 0.3) is 0 Å². The van der Waals surface area contributed by atoms with Crippen LogP contribution in [0.3, 0.4) is 0 Å². The first-order chi connectivity index (χ1) is 7.74. The van der Waals surface area contributed by atoms with Crippen molar-refractivity contribution in [3.63, 3.8) is 0 Å². The molecule has 2 nitrogen and oxygen atoms in total. The minimum absolute atomic E-state index is 0.435. The van der Waals surface area contributed by atoms with Crippen molar-refractivity contribution >= 4 is 17.3 Å². The first-order valence-corrected chi connectivity index (χ1v) is 6.17. The Morgan fingerprint density at radius 1 is 1.44 bits per heavy atom. The number of hydrogen-bond acceptors (Lipinski definition) is 1. The molecule has 16 heavy (non-hydrogen) atoms. The third-order valence-corrected chi connectivity index (χ3v) is 3.83. The van der Waals surface area contributed by atoms with Gasteiger partial charge in [-0.1, -0.05) is 24.3 Å². The Hall–Kier alpha value is -1.09. The molecule has 0 fully saturated rings. The Kier molecular flexibility index (Phi) is 3.44. The zero-order chi connectivity index (χ0) is 11.5. The van der Waals surface area contributed by atoms with Gasteiger partial charge in [0.05, 0.1) is 6.04 Å². The van der Waals surface area contributed by atoms with Crippen LogP contribution in [0.25, 0.3) is 0 Å². The van der Waals surface area contributed by atoms with Gasteiger partial charge in [-0.15, -0.1) is 0 Å². The lowest BCUT2D eigenvalue weighted by Crippen LogP contribution is -2.38. The molecule has 0 radical (unpaired) electrons. The van der Waals surface area contributed by atoms with E-state index in [0.717, 1.165) is 5.11 Å². The number of benzene rings is 1. The molecule has 0 saturated carbocycles. The van der Waals surface area contributed by atoms with Crippen molar-refractivity contribution in [3.05, 3.63) is 35.4 Å². The minimum atomic E-state index is 0.435. The lowest BCUT2D eigenvalue weighted by atomic mass is 9.87. The van der Waals surface area contributed by atoms with Crippen LogP contribution in [0.4, 0.5) is 0 Å². The summed E-state index contributed by atoms with van der Waals surface area (Å²) in [6, 6.07) is 9.14. The van der Waals surface area contributed by atoms with Gasteiger partial charge in [-0.2, -0.15) is 0 Å². The topological polar surface area (TPSA) is 15.3 Å². The van der Waals surface area contributed by atoms with Gasteiger partial charge >= 0.3 is 0 Å². The summed E-state index contributed by atoms with van der Waals surface area (Å²) in [5.74, 6) is 0. The third-order valence-electron chi connectivity index (χ3n) is 3.34. The molecule has 1 aliphatic carbocycles. The monoisotopic (exact) mass is 234 g/mol. The van der Waals surface area contributed by atoms with Gasteiger partial charge in [0, 0.05) is 14.1 Å². The van der Waals surface area contributed by atoms with E-state index in [0.29, 0.717) is 6.04 Å². The summed E-state index contributed by atoms with van der Waals surface area (Å²) in [7, 11) is 3.96. The zero-order valence-electron chi connectivity index (χ0n) is 9.86. The maximum Gasteiger partial charge on any atom is 0.168 e. The van der Waals surface area contributed by atoms with Crippen molar-refractivity contribution in [1.29, 1.82) is 0 Å². The Bertz CT molecular complexity index is 389. The molecule has 1 atom stereocenters. The smallest absolute Gasteiger partial charge is 0.168 e. The highest BCUT2D eigenvalue weighted by Gasteiger charge is 2.24. The molecule has 1 aliphatic rings. The highest BCUT2D eigenvalue weighted by atomic mass is 32.1. The lowest BCUT2D eigenvalue weighted by molar-refractivity contribution is 0.330. The van der Waals surface area contributed by atoms with Crippen LogP contribution < -0.4 is 5.32 Å². The average Bonchev–Trinajstić information content (AvgIpc) is 2.36. The average molecular weight is 234 g/mol. The molecule has 0 saturated heterocycles. The van der Waals surface area contributed by atoms with Crippen LogP contribution in [0.2, 0.25) is 0 Å². The van der Waals surface area contributed by atoms with E-state index in [4.69, 9.17) is 12.2 Å². The highest BCUT2D eigenvalue weighted by Crippen LogP contribution is 2.33. The summed E-state index contributed by atoms with van der Waals surface area (Å²) < 4.78 is 0. The van der Waals surface area contributed by atoms with E-state index in [9.17, 15) is 0 Å². The minimum Gasteiger partial charge on any atom is -0.366 e. The number of nitrogens with one attached hydrogen (secondary N) is 1. The van der Waals surface area contributed by atoms with Crippen molar-refractivity contribution in [3.8, 4) is 0 Å². The molecule has 0 aliphatic heterocycles. The summed E-state index contributed by atoms with van der Waals surface area (Å²) in [5.41, 5.74) is 2.92. The zero-order valence-corrected chi connectivity index (χ0v) is 10.7. The number of fused-ring (bicyclic) bond motifs is 1. The fourth-order valence-corrected chi connectivity index (χ4v) is 2.58. The van der Waals surface area contributed by atoms with Crippen LogP contribution in [-0.4, -0.2) is 24.1 Å². The van der Waals surface area contributed by atoms with E-state index >= 15 is 0 Å². The van der Waals surface area contributed by atoms with Gasteiger partial charge in [-0.25, -0.2) is 0 Å². The van der Waals surface area contributed by atoms with Crippen LogP contribution in [0.5, 0.6) is 0 Å². The maximum absolute atomic E-state index is 5.30. The fraction of sp³-hybridized carbons (Fsp3) is 0.462. The first kappa shape index (κ1) is 11.4. The van der Waals surface area contributed by atoms with E-state index in [1.54, 1.807) is 0 Å². The van der Waals surface area contributed by atoms with E-state index in [2.05, 4.69) is 41.5 Å². The predicted octanol–water partition coefficient (Wildman–Crippen LogP) is 2.50. The molecule has 0 spiro atoms. The molecule has 0 amide bonds. The van der Waals surface area contributed by atoms with Gasteiger partial charge in [-0.3, -0.25) is 0 Å². The molecule has 3 heteroatoms. The molecular weight excluding hydrogens is 216 g/mol. The van der Waals surface area contributed by atoms with Crippen LogP contribution in [0.15, 0.2) is 24.3 Å². The number of rotatable bonds is 1. The van der Waals surface area contributed by atoms with Gasteiger partial charge in [0.1, 0.15) is 0 Å². The van der Waals surface area contributed by atoms with Gasteiger partial charge in [0.2, 0.25) is 0 Å². The van der Waals surface area contributed by atoms with Gasteiger partial charge in [0.15, 0.2) is 5.11 Å². The SMILES string of the molecule is CNC(=S)N(C)[C@@H]1CCCc2ccccc21. The lowest BCUT2D eigenvalue weighted by Gasteiger charge is -2.34. The van der Waals surface area contributed by atoms with E-state index < -0.39 is 0 Å². The van der Waals surface area contributed by atoms with Gasteiger partial charge in [-0.05, 0) is 42.6 Å². The second-order valence-electron chi connectivity index (χ2n) is 4.27. The van der Waals surface area contributed by atoms with Crippen molar-refractivity contribution in [2.75, 3.05) is 14.1 Å². The second-order valence-corrected chi connectivity index (χ2v) is 4.66. The number of nitrogens with zero attached hydrogens (tertiary/aromatic N) is 1. The largest absolute Gasteiger partial charge is 0.366 e. The molecule has 1 aromatic carbocycles. The van der Waals surface area contributed by atoms with Crippen molar-refractivity contribution in [2.45, 2.75) is 25.3 Å².